The molecule has 0 aliphatic heterocycles. The third kappa shape index (κ3) is 2.62. The van der Waals surface area contributed by atoms with E-state index in [0.29, 0.717) is 20.8 Å². The quantitative estimate of drug-likeness (QED) is 0.925. The summed E-state index contributed by atoms with van der Waals surface area (Å²) >= 11 is 9.07. The van der Waals surface area contributed by atoms with Crippen LogP contribution in [0.3, 0.4) is 0 Å². The van der Waals surface area contributed by atoms with Crippen LogP contribution in [0.25, 0.3) is 0 Å². The van der Waals surface area contributed by atoms with E-state index >= 15 is 0 Å². The molecule has 76 valence electrons. The van der Waals surface area contributed by atoms with Gasteiger partial charge in [-0.3, -0.25) is 4.79 Å². The van der Waals surface area contributed by atoms with E-state index in [1.807, 2.05) is 0 Å². The van der Waals surface area contributed by atoms with Crippen LogP contribution in [0.2, 0.25) is 5.02 Å². The highest BCUT2D eigenvalue weighted by atomic mass is 79.9. The minimum absolute atomic E-state index is 0.0614. The average Bonchev–Trinajstić information content (AvgIpc) is 2.09. The Morgan fingerprint density at radius 1 is 1.64 bits per heavy atom. The predicted octanol–water partition coefficient (Wildman–Crippen LogP) is 2.74. The number of carbonyl (C=O) groups is 1. The van der Waals surface area contributed by atoms with Crippen molar-refractivity contribution >= 4 is 33.5 Å². The van der Waals surface area contributed by atoms with Crippen LogP contribution in [-0.2, 0) is 11.2 Å². The minimum Gasteiger partial charge on any atom is -0.495 e. The molecule has 0 aliphatic carbocycles. The minimum atomic E-state index is -0.893. The number of benzene rings is 1. The number of methoxy groups -OCH3 is 1. The molecule has 0 aromatic heterocycles. The maximum atomic E-state index is 10.5. The monoisotopic (exact) mass is 278 g/mol. The number of carboxylic acid groups (broad SMARTS) is 1. The number of carboxylic acids is 1. The second kappa shape index (κ2) is 4.66. The Morgan fingerprint density at radius 3 is 2.79 bits per heavy atom. The summed E-state index contributed by atoms with van der Waals surface area (Å²) in [5.74, 6) is -0.416. The molecule has 0 amide bonds. The Kier molecular flexibility index (Phi) is 3.77. The highest BCUT2D eigenvalue weighted by molar-refractivity contribution is 9.10. The first kappa shape index (κ1) is 11.3. The number of rotatable bonds is 3. The lowest BCUT2D eigenvalue weighted by Crippen LogP contribution is -2.01. The standard InChI is InChI=1S/C9H8BrClO3/c1-14-8-2-5(3-9(12)13)6(10)4-7(8)11/h2,4H,3H2,1H3,(H,12,13). The molecule has 0 radical (unpaired) electrons. The van der Waals surface area contributed by atoms with E-state index in [1.165, 1.54) is 7.11 Å². The summed E-state index contributed by atoms with van der Waals surface area (Å²) in [4.78, 5) is 10.5. The second-order valence-electron chi connectivity index (χ2n) is 2.65. The molecule has 0 saturated heterocycles. The molecule has 0 saturated carbocycles. The number of ether oxygens (including phenoxy) is 1. The predicted molar refractivity (Wildman–Crippen MR) is 57.0 cm³/mol. The first-order valence-electron chi connectivity index (χ1n) is 3.78. The molecule has 0 spiro atoms. The fourth-order valence-electron chi connectivity index (χ4n) is 1.03. The summed E-state index contributed by atoms with van der Waals surface area (Å²) in [5.41, 5.74) is 0.638. The van der Waals surface area contributed by atoms with Gasteiger partial charge in [0, 0.05) is 4.47 Å². The zero-order chi connectivity index (χ0) is 10.7. The Bertz CT molecular complexity index is 365. The Hall–Kier alpha value is -0.740. The van der Waals surface area contributed by atoms with Gasteiger partial charge in [0.25, 0.3) is 0 Å². The van der Waals surface area contributed by atoms with Crippen molar-refractivity contribution in [3.05, 3.63) is 27.2 Å². The van der Waals surface area contributed by atoms with E-state index in [9.17, 15) is 4.79 Å². The van der Waals surface area contributed by atoms with Crippen molar-refractivity contribution in [1.29, 1.82) is 0 Å². The van der Waals surface area contributed by atoms with Gasteiger partial charge >= 0.3 is 5.97 Å². The molecular formula is C9H8BrClO3. The van der Waals surface area contributed by atoms with Crippen molar-refractivity contribution in [2.24, 2.45) is 0 Å². The van der Waals surface area contributed by atoms with Crippen LogP contribution in [0.5, 0.6) is 5.75 Å². The van der Waals surface area contributed by atoms with E-state index in [-0.39, 0.29) is 6.42 Å². The molecule has 14 heavy (non-hydrogen) atoms. The molecule has 0 atom stereocenters. The molecule has 1 aromatic carbocycles. The van der Waals surface area contributed by atoms with Crippen LogP contribution in [0.4, 0.5) is 0 Å². The maximum Gasteiger partial charge on any atom is 0.307 e. The topological polar surface area (TPSA) is 46.5 Å². The Labute approximate surface area is 94.8 Å². The van der Waals surface area contributed by atoms with Crippen LogP contribution >= 0.6 is 27.5 Å². The summed E-state index contributed by atoms with van der Waals surface area (Å²) in [6.07, 6.45) is -0.0614. The van der Waals surface area contributed by atoms with Crippen LogP contribution in [-0.4, -0.2) is 18.2 Å². The van der Waals surface area contributed by atoms with Crippen molar-refractivity contribution in [2.75, 3.05) is 7.11 Å². The number of hydrogen-bond donors (Lipinski definition) is 1. The third-order valence-corrected chi connectivity index (χ3v) is 2.70. The maximum absolute atomic E-state index is 10.5. The van der Waals surface area contributed by atoms with Gasteiger partial charge in [-0.2, -0.15) is 0 Å². The van der Waals surface area contributed by atoms with E-state index < -0.39 is 5.97 Å². The highest BCUT2D eigenvalue weighted by Gasteiger charge is 2.09. The summed E-state index contributed by atoms with van der Waals surface area (Å²) in [6, 6.07) is 3.24. The SMILES string of the molecule is COc1cc(CC(=O)O)c(Br)cc1Cl. The van der Waals surface area contributed by atoms with Crippen LogP contribution in [0, 0.1) is 0 Å². The van der Waals surface area contributed by atoms with Gasteiger partial charge in [-0.15, -0.1) is 0 Å². The summed E-state index contributed by atoms with van der Waals surface area (Å²) in [7, 11) is 1.49. The molecule has 0 fully saturated rings. The van der Waals surface area contributed by atoms with Crippen molar-refractivity contribution in [3.63, 3.8) is 0 Å². The number of halogens is 2. The normalized spacial score (nSPS) is 9.93. The van der Waals surface area contributed by atoms with E-state index in [4.69, 9.17) is 21.4 Å². The van der Waals surface area contributed by atoms with Crippen LogP contribution < -0.4 is 4.74 Å². The van der Waals surface area contributed by atoms with Crippen molar-refractivity contribution in [2.45, 2.75) is 6.42 Å². The Balaban J connectivity index is 3.10. The van der Waals surface area contributed by atoms with Crippen LogP contribution in [0.15, 0.2) is 16.6 Å². The molecule has 0 bridgehead atoms. The molecule has 1 aromatic rings. The summed E-state index contributed by atoms with van der Waals surface area (Å²) in [6.45, 7) is 0. The first-order chi connectivity index (χ1) is 6.54. The third-order valence-electron chi connectivity index (χ3n) is 1.66. The largest absolute Gasteiger partial charge is 0.495 e. The number of aliphatic carboxylic acids is 1. The molecule has 5 heteroatoms. The summed E-state index contributed by atoms with van der Waals surface area (Å²) in [5, 5.41) is 9.08. The van der Waals surface area contributed by atoms with Crippen molar-refractivity contribution in [1.82, 2.24) is 0 Å². The lowest BCUT2D eigenvalue weighted by molar-refractivity contribution is -0.136. The highest BCUT2D eigenvalue weighted by Crippen LogP contribution is 2.31. The van der Waals surface area contributed by atoms with Gasteiger partial charge in [0.15, 0.2) is 0 Å². The molecule has 1 rings (SSSR count). The van der Waals surface area contributed by atoms with Gasteiger partial charge in [0.2, 0.25) is 0 Å². The van der Waals surface area contributed by atoms with E-state index in [0.717, 1.165) is 0 Å². The zero-order valence-corrected chi connectivity index (χ0v) is 9.72. The first-order valence-corrected chi connectivity index (χ1v) is 4.95. The van der Waals surface area contributed by atoms with E-state index in [2.05, 4.69) is 15.9 Å². The fraction of sp³-hybridized carbons (Fsp3) is 0.222. The van der Waals surface area contributed by atoms with Gasteiger partial charge in [-0.25, -0.2) is 0 Å². The van der Waals surface area contributed by atoms with Gasteiger partial charge in [-0.05, 0) is 17.7 Å². The van der Waals surface area contributed by atoms with Crippen molar-refractivity contribution in [3.8, 4) is 5.75 Å². The average molecular weight is 280 g/mol. The lowest BCUT2D eigenvalue weighted by atomic mass is 10.1. The van der Waals surface area contributed by atoms with Gasteiger partial charge < -0.3 is 9.84 Å². The molecular weight excluding hydrogens is 271 g/mol. The molecule has 0 aliphatic rings. The van der Waals surface area contributed by atoms with E-state index in [1.54, 1.807) is 12.1 Å². The van der Waals surface area contributed by atoms with Crippen molar-refractivity contribution < 1.29 is 14.6 Å². The second-order valence-corrected chi connectivity index (χ2v) is 3.91. The van der Waals surface area contributed by atoms with Crippen LogP contribution in [0.1, 0.15) is 5.56 Å². The van der Waals surface area contributed by atoms with Gasteiger partial charge in [-0.1, -0.05) is 27.5 Å². The van der Waals surface area contributed by atoms with Gasteiger partial charge in [0.1, 0.15) is 5.75 Å². The molecule has 1 N–H and O–H groups in total. The molecule has 3 nitrogen and oxygen atoms in total. The smallest absolute Gasteiger partial charge is 0.307 e. The van der Waals surface area contributed by atoms with Gasteiger partial charge in [0.05, 0.1) is 18.6 Å². The lowest BCUT2D eigenvalue weighted by Gasteiger charge is -2.07. The number of hydrogen-bond acceptors (Lipinski definition) is 2. The molecule has 0 unspecified atom stereocenters. The Morgan fingerprint density at radius 2 is 2.29 bits per heavy atom. The fourth-order valence-corrected chi connectivity index (χ4v) is 1.88. The summed E-state index contributed by atoms with van der Waals surface area (Å²) < 4.78 is 5.65. The zero-order valence-electron chi connectivity index (χ0n) is 7.38. The molecule has 0 heterocycles.